The molecule has 0 spiro atoms. The van der Waals surface area contributed by atoms with Gasteiger partial charge in [-0.3, -0.25) is 25.2 Å². The first-order valence-electron chi connectivity index (χ1n) is 6.43. The van der Waals surface area contributed by atoms with E-state index >= 15 is 0 Å². The largest absolute Gasteiger partial charge is 0.482 e. The Morgan fingerprint density at radius 1 is 1.14 bits per heavy atom. The van der Waals surface area contributed by atoms with Gasteiger partial charge >= 0.3 is 11.8 Å². The van der Waals surface area contributed by atoms with Crippen LogP contribution in [0, 0.1) is 0 Å². The maximum atomic E-state index is 11.5. The molecule has 0 bridgehead atoms. The van der Waals surface area contributed by atoms with Crippen molar-refractivity contribution in [2.75, 3.05) is 6.61 Å². The lowest BCUT2D eigenvalue weighted by atomic mass is 10.3. The van der Waals surface area contributed by atoms with Crippen LogP contribution in [0.1, 0.15) is 12.8 Å². The fourth-order valence-electron chi connectivity index (χ4n) is 1.43. The molecule has 1 aliphatic carbocycles. The van der Waals surface area contributed by atoms with E-state index in [-0.39, 0.29) is 11.8 Å². The van der Waals surface area contributed by atoms with Gasteiger partial charge < -0.3 is 10.1 Å². The van der Waals surface area contributed by atoms with E-state index < -0.39 is 24.3 Å². The van der Waals surface area contributed by atoms with Crippen molar-refractivity contribution >= 4 is 40.9 Å². The van der Waals surface area contributed by atoms with Crippen molar-refractivity contribution in [3.05, 3.63) is 28.2 Å². The van der Waals surface area contributed by atoms with E-state index in [1.54, 1.807) is 6.07 Å². The number of halogens is 2. The van der Waals surface area contributed by atoms with Crippen molar-refractivity contribution in [2.24, 2.45) is 0 Å². The van der Waals surface area contributed by atoms with Crippen molar-refractivity contribution in [1.82, 2.24) is 16.2 Å². The molecule has 1 aromatic carbocycles. The Balaban J connectivity index is 1.72. The van der Waals surface area contributed by atoms with Crippen LogP contribution < -0.4 is 20.9 Å². The number of amides is 3. The predicted molar refractivity (Wildman–Crippen MR) is 79.4 cm³/mol. The SMILES string of the molecule is O=C(COc1cc(Cl)ccc1Cl)NNC(=O)C(=O)NC1CC1. The molecular formula is C13H13Cl2N3O4. The quantitative estimate of drug-likeness (QED) is 0.555. The van der Waals surface area contributed by atoms with E-state index in [1.807, 2.05) is 5.43 Å². The number of hydrogen-bond acceptors (Lipinski definition) is 4. The number of carbonyl (C=O) groups is 3. The van der Waals surface area contributed by atoms with Crippen molar-refractivity contribution in [1.29, 1.82) is 0 Å². The normalized spacial score (nSPS) is 13.2. The van der Waals surface area contributed by atoms with Gasteiger partial charge in [0, 0.05) is 17.1 Å². The third-order valence-electron chi connectivity index (χ3n) is 2.69. The number of nitrogens with one attached hydrogen (secondary N) is 3. The third-order valence-corrected chi connectivity index (χ3v) is 3.23. The minimum atomic E-state index is -0.943. The molecule has 0 aliphatic heterocycles. The Morgan fingerprint density at radius 2 is 1.86 bits per heavy atom. The smallest absolute Gasteiger partial charge is 0.327 e. The zero-order valence-electron chi connectivity index (χ0n) is 11.3. The summed E-state index contributed by atoms with van der Waals surface area (Å²) in [6.07, 6.45) is 1.72. The summed E-state index contributed by atoms with van der Waals surface area (Å²) in [6.45, 7) is -0.398. The summed E-state index contributed by atoms with van der Waals surface area (Å²) in [5, 5.41) is 3.19. The van der Waals surface area contributed by atoms with Gasteiger partial charge in [0.2, 0.25) is 0 Å². The van der Waals surface area contributed by atoms with Gasteiger partial charge in [-0.05, 0) is 25.0 Å². The second-order valence-corrected chi connectivity index (χ2v) is 5.46. The molecule has 118 valence electrons. The highest BCUT2D eigenvalue weighted by Crippen LogP contribution is 2.27. The fraction of sp³-hybridized carbons (Fsp3) is 0.308. The first kappa shape index (κ1) is 16.4. The zero-order valence-corrected chi connectivity index (χ0v) is 12.8. The highest BCUT2D eigenvalue weighted by Gasteiger charge is 2.26. The lowest BCUT2D eigenvalue weighted by Crippen LogP contribution is -2.50. The van der Waals surface area contributed by atoms with Gasteiger partial charge in [0.1, 0.15) is 5.75 Å². The highest BCUT2D eigenvalue weighted by atomic mass is 35.5. The molecule has 1 aliphatic rings. The summed E-state index contributed by atoms with van der Waals surface area (Å²) in [7, 11) is 0. The van der Waals surface area contributed by atoms with Gasteiger partial charge in [0.25, 0.3) is 5.91 Å². The van der Waals surface area contributed by atoms with Crippen LogP contribution in [0.4, 0.5) is 0 Å². The van der Waals surface area contributed by atoms with E-state index in [2.05, 4.69) is 10.7 Å². The van der Waals surface area contributed by atoms with Crippen molar-refractivity contribution in [3.8, 4) is 5.75 Å². The van der Waals surface area contributed by atoms with Gasteiger partial charge in [0.05, 0.1) is 5.02 Å². The van der Waals surface area contributed by atoms with Crippen LogP contribution in [0.25, 0.3) is 0 Å². The van der Waals surface area contributed by atoms with Gasteiger partial charge in [-0.15, -0.1) is 0 Å². The number of ether oxygens (including phenoxy) is 1. The monoisotopic (exact) mass is 345 g/mol. The molecule has 0 atom stereocenters. The number of hydrogen-bond donors (Lipinski definition) is 3. The van der Waals surface area contributed by atoms with Gasteiger partial charge in [-0.25, -0.2) is 0 Å². The molecule has 1 aromatic rings. The molecule has 22 heavy (non-hydrogen) atoms. The summed E-state index contributed by atoms with van der Waals surface area (Å²) in [5.41, 5.74) is 4.05. The molecule has 9 heteroatoms. The molecule has 0 unspecified atom stereocenters. The Kier molecular flexibility index (Phi) is 5.46. The topological polar surface area (TPSA) is 96.5 Å². The van der Waals surface area contributed by atoms with Crippen LogP contribution in [0.2, 0.25) is 10.0 Å². The van der Waals surface area contributed by atoms with Crippen LogP contribution in [0.5, 0.6) is 5.75 Å². The minimum absolute atomic E-state index is 0.0576. The van der Waals surface area contributed by atoms with E-state index in [1.165, 1.54) is 12.1 Å². The fourth-order valence-corrected chi connectivity index (χ4v) is 1.76. The van der Waals surface area contributed by atoms with Crippen LogP contribution >= 0.6 is 23.2 Å². The summed E-state index contributed by atoms with van der Waals surface area (Å²) in [6, 6.07) is 4.62. The Hall–Kier alpha value is -1.99. The number of benzene rings is 1. The first-order valence-corrected chi connectivity index (χ1v) is 7.19. The van der Waals surface area contributed by atoms with Crippen LogP contribution in [0.3, 0.4) is 0 Å². The van der Waals surface area contributed by atoms with Gasteiger partial charge in [-0.1, -0.05) is 23.2 Å². The van der Waals surface area contributed by atoms with Crippen LogP contribution in [-0.4, -0.2) is 30.4 Å². The standard InChI is InChI=1S/C13H13Cl2N3O4/c14-7-1-4-9(15)10(5-7)22-6-11(19)17-18-13(21)12(20)16-8-2-3-8/h1,4-5,8H,2-3,6H2,(H,16,20)(H,17,19)(H,18,21). The molecular weight excluding hydrogens is 333 g/mol. The summed E-state index contributed by atoms with van der Waals surface area (Å²) in [4.78, 5) is 34.2. The number of hydrazine groups is 1. The zero-order chi connectivity index (χ0) is 16.1. The minimum Gasteiger partial charge on any atom is -0.482 e. The molecule has 0 saturated heterocycles. The molecule has 1 saturated carbocycles. The molecule has 3 amide bonds. The third kappa shape index (κ3) is 5.09. The first-order chi connectivity index (χ1) is 10.5. The van der Waals surface area contributed by atoms with E-state index in [4.69, 9.17) is 27.9 Å². The van der Waals surface area contributed by atoms with Crippen molar-refractivity contribution < 1.29 is 19.1 Å². The lowest BCUT2D eigenvalue weighted by molar-refractivity contribution is -0.141. The second kappa shape index (κ2) is 7.33. The van der Waals surface area contributed by atoms with E-state index in [0.29, 0.717) is 10.0 Å². The number of rotatable bonds is 4. The van der Waals surface area contributed by atoms with Gasteiger partial charge in [-0.2, -0.15) is 0 Å². The van der Waals surface area contributed by atoms with Gasteiger partial charge in [0.15, 0.2) is 6.61 Å². The average Bonchev–Trinajstić information content (AvgIpc) is 3.29. The molecule has 0 heterocycles. The van der Waals surface area contributed by atoms with Crippen molar-refractivity contribution in [3.63, 3.8) is 0 Å². The Bertz CT molecular complexity index is 605. The Morgan fingerprint density at radius 3 is 2.55 bits per heavy atom. The lowest BCUT2D eigenvalue weighted by Gasteiger charge is -2.10. The summed E-state index contributed by atoms with van der Waals surface area (Å²) >= 11 is 11.6. The molecule has 0 aromatic heterocycles. The molecule has 0 radical (unpaired) electrons. The van der Waals surface area contributed by atoms with Crippen molar-refractivity contribution in [2.45, 2.75) is 18.9 Å². The summed E-state index contributed by atoms with van der Waals surface area (Å²) < 4.78 is 5.17. The maximum absolute atomic E-state index is 11.5. The average molecular weight is 346 g/mol. The maximum Gasteiger partial charge on any atom is 0.327 e. The highest BCUT2D eigenvalue weighted by molar-refractivity contribution is 6.35. The molecule has 7 nitrogen and oxygen atoms in total. The second-order valence-electron chi connectivity index (χ2n) is 4.61. The Labute approximate surface area is 136 Å². The van der Waals surface area contributed by atoms with Crippen LogP contribution in [-0.2, 0) is 14.4 Å². The predicted octanol–water partition coefficient (Wildman–Crippen LogP) is 0.798. The molecule has 3 N–H and O–H groups in total. The van der Waals surface area contributed by atoms with E-state index in [9.17, 15) is 14.4 Å². The summed E-state index contributed by atoms with van der Waals surface area (Å²) in [5.74, 6) is -2.15. The van der Waals surface area contributed by atoms with E-state index in [0.717, 1.165) is 12.8 Å². The molecule has 2 rings (SSSR count). The molecule has 1 fully saturated rings. The van der Waals surface area contributed by atoms with Crippen LogP contribution in [0.15, 0.2) is 18.2 Å². The number of carbonyl (C=O) groups excluding carboxylic acids is 3.